The Morgan fingerprint density at radius 2 is 2.07 bits per heavy atom. The lowest BCUT2D eigenvalue weighted by molar-refractivity contribution is -0.110. The first-order valence-corrected chi connectivity index (χ1v) is 5.09. The standard InChI is InChI=1S/C9H7Cl3N2O/c1-5(15)9(12)14-13-8-3-2-6(10)4-7(8)11/h2-4,13H,1H3/b14-9+. The molecule has 0 aliphatic heterocycles. The average Bonchev–Trinajstić information content (AvgIpc) is 2.15. The van der Waals surface area contributed by atoms with Gasteiger partial charge in [-0.1, -0.05) is 34.8 Å². The predicted octanol–water partition coefficient (Wildman–Crippen LogP) is 3.55. The van der Waals surface area contributed by atoms with Crippen LogP contribution in [0.2, 0.25) is 10.0 Å². The molecule has 1 rings (SSSR count). The molecule has 15 heavy (non-hydrogen) atoms. The summed E-state index contributed by atoms with van der Waals surface area (Å²) in [6.07, 6.45) is 0. The molecule has 1 aromatic rings. The maximum absolute atomic E-state index is 10.7. The molecule has 0 aromatic heterocycles. The van der Waals surface area contributed by atoms with Crippen LogP contribution in [-0.4, -0.2) is 11.0 Å². The van der Waals surface area contributed by atoms with Crippen LogP contribution in [-0.2, 0) is 4.79 Å². The van der Waals surface area contributed by atoms with Gasteiger partial charge in [0.1, 0.15) is 0 Å². The van der Waals surface area contributed by atoms with Gasteiger partial charge >= 0.3 is 0 Å². The van der Waals surface area contributed by atoms with Gasteiger partial charge in [-0.15, -0.1) is 0 Å². The zero-order valence-electron chi connectivity index (χ0n) is 7.72. The van der Waals surface area contributed by atoms with E-state index in [-0.39, 0.29) is 11.0 Å². The summed E-state index contributed by atoms with van der Waals surface area (Å²) in [5.41, 5.74) is 3.09. The van der Waals surface area contributed by atoms with Crippen molar-refractivity contribution in [1.29, 1.82) is 0 Å². The second-order valence-electron chi connectivity index (χ2n) is 2.69. The molecule has 0 aliphatic rings. The van der Waals surface area contributed by atoms with E-state index in [9.17, 15) is 4.79 Å². The number of hydrazone groups is 1. The number of halogens is 3. The van der Waals surface area contributed by atoms with Gasteiger partial charge in [0.25, 0.3) is 0 Å². The number of rotatable bonds is 3. The SMILES string of the molecule is CC(=O)/C(Cl)=N\Nc1ccc(Cl)cc1Cl. The molecule has 0 saturated carbocycles. The molecule has 0 spiro atoms. The van der Waals surface area contributed by atoms with E-state index >= 15 is 0 Å². The first-order valence-electron chi connectivity index (χ1n) is 3.96. The van der Waals surface area contributed by atoms with Gasteiger partial charge in [0, 0.05) is 11.9 Å². The normalized spacial score (nSPS) is 11.3. The fourth-order valence-electron chi connectivity index (χ4n) is 0.768. The summed E-state index contributed by atoms with van der Waals surface area (Å²) in [6, 6.07) is 4.84. The molecular formula is C9H7Cl3N2O. The number of hydrogen-bond acceptors (Lipinski definition) is 3. The number of Topliss-reactive ketones (excluding diaryl/α,β-unsaturated/α-hetero) is 1. The summed E-state index contributed by atoms with van der Waals surface area (Å²) in [7, 11) is 0. The Balaban J connectivity index is 2.82. The predicted molar refractivity (Wildman–Crippen MR) is 64.1 cm³/mol. The average molecular weight is 266 g/mol. The third kappa shape index (κ3) is 3.70. The summed E-state index contributed by atoms with van der Waals surface area (Å²) in [5.74, 6) is -0.325. The van der Waals surface area contributed by atoms with Crippen LogP contribution in [0.5, 0.6) is 0 Å². The fraction of sp³-hybridized carbons (Fsp3) is 0.111. The molecule has 0 atom stereocenters. The van der Waals surface area contributed by atoms with Crippen molar-refractivity contribution in [2.75, 3.05) is 5.43 Å². The molecule has 1 N–H and O–H groups in total. The van der Waals surface area contributed by atoms with Crippen molar-refractivity contribution in [3.63, 3.8) is 0 Å². The van der Waals surface area contributed by atoms with Crippen LogP contribution >= 0.6 is 34.8 Å². The summed E-state index contributed by atoms with van der Waals surface area (Å²) in [5, 5.41) is 4.42. The van der Waals surface area contributed by atoms with Crippen LogP contribution in [0.4, 0.5) is 5.69 Å². The minimum absolute atomic E-state index is 0.138. The van der Waals surface area contributed by atoms with Crippen LogP contribution in [0.25, 0.3) is 0 Å². The van der Waals surface area contributed by atoms with Gasteiger partial charge in [-0.25, -0.2) is 0 Å². The summed E-state index contributed by atoms with van der Waals surface area (Å²) in [4.78, 5) is 10.7. The number of nitrogens with zero attached hydrogens (tertiary/aromatic N) is 1. The van der Waals surface area contributed by atoms with Crippen molar-refractivity contribution in [2.45, 2.75) is 6.92 Å². The zero-order valence-corrected chi connectivity index (χ0v) is 9.99. The van der Waals surface area contributed by atoms with Gasteiger partial charge in [-0.05, 0) is 18.2 Å². The largest absolute Gasteiger partial charge is 0.292 e. The minimum Gasteiger partial charge on any atom is -0.292 e. The smallest absolute Gasteiger partial charge is 0.191 e. The highest BCUT2D eigenvalue weighted by Crippen LogP contribution is 2.25. The molecule has 0 amide bonds. The van der Waals surface area contributed by atoms with Gasteiger partial charge in [0.2, 0.25) is 0 Å². The lowest BCUT2D eigenvalue weighted by atomic mass is 10.3. The Morgan fingerprint density at radius 3 is 2.60 bits per heavy atom. The lowest BCUT2D eigenvalue weighted by Crippen LogP contribution is -2.04. The topological polar surface area (TPSA) is 41.5 Å². The van der Waals surface area contributed by atoms with E-state index < -0.39 is 0 Å². The molecule has 0 heterocycles. The van der Waals surface area contributed by atoms with Gasteiger partial charge in [-0.2, -0.15) is 5.10 Å². The molecule has 0 aliphatic carbocycles. The molecule has 80 valence electrons. The summed E-state index contributed by atoms with van der Waals surface area (Å²) < 4.78 is 0. The van der Waals surface area contributed by atoms with Gasteiger partial charge in [-0.3, -0.25) is 10.2 Å². The molecule has 0 bridgehead atoms. The van der Waals surface area contributed by atoms with Crippen LogP contribution in [0.1, 0.15) is 6.92 Å². The number of anilines is 1. The maximum Gasteiger partial charge on any atom is 0.191 e. The number of nitrogens with one attached hydrogen (secondary N) is 1. The minimum atomic E-state index is -0.325. The van der Waals surface area contributed by atoms with Crippen molar-refractivity contribution in [3.8, 4) is 0 Å². The zero-order chi connectivity index (χ0) is 11.4. The molecule has 0 fully saturated rings. The Labute approximate surface area is 102 Å². The Kier molecular flexibility index (Phi) is 4.39. The van der Waals surface area contributed by atoms with Crippen LogP contribution in [0.3, 0.4) is 0 Å². The van der Waals surface area contributed by atoms with Crippen molar-refractivity contribution in [1.82, 2.24) is 0 Å². The van der Waals surface area contributed by atoms with E-state index in [2.05, 4.69) is 10.5 Å². The van der Waals surface area contributed by atoms with E-state index in [1.54, 1.807) is 18.2 Å². The van der Waals surface area contributed by atoms with Crippen LogP contribution in [0.15, 0.2) is 23.3 Å². The van der Waals surface area contributed by atoms with E-state index in [4.69, 9.17) is 34.8 Å². The number of hydrogen-bond donors (Lipinski definition) is 1. The fourth-order valence-corrected chi connectivity index (χ4v) is 1.26. The van der Waals surface area contributed by atoms with Crippen LogP contribution in [0, 0.1) is 0 Å². The first-order chi connectivity index (χ1) is 7.00. The van der Waals surface area contributed by atoms with Gasteiger partial charge < -0.3 is 0 Å². The quantitative estimate of drug-likeness (QED) is 0.671. The van der Waals surface area contributed by atoms with Crippen molar-refractivity contribution in [2.24, 2.45) is 5.10 Å². The highest BCUT2D eigenvalue weighted by atomic mass is 35.5. The number of carbonyl (C=O) groups is 1. The highest BCUT2D eigenvalue weighted by Gasteiger charge is 2.02. The molecule has 6 heteroatoms. The van der Waals surface area contributed by atoms with E-state index in [0.29, 0.717) is 15.7 Å². The number of benzene rings is 1. The van der Waals surface area contributed by atoms with Gasteiger partial charge in [0.15, 0.2) is 11.0 Å². The van der Waals surface area contributed by atoms with Gasteiger partial charge in [0.05, 0.1) is 10.7 Å². The maximum atomic E-state index is 10.7. The molecular weight excluding hydrogens is 258 g/mol. The van der Waals surface area contributed by atoms with E-state index in [1.807, 2.05) is 0 Å². The molecule has 0 saturated heterocycles. The third-order valence-corrected chi connectivity index (χ3v) is 2.39. The molecule has 3 nitrogen and oxygen atoms in total. The second-order valence-corrected chi connectivity index (χ2v) is 3.90. The van der Waals surface area contributed by atoms with Crippen molar-refractivity contribution < 1.29 is 4.79 Å². The number of ketones is 1. The lowest BCUT2D eigenvalue weighted by Gasteiger charge is -2.03. The first kappa shape index (κ1) is 12.3. The van der Waals surface area contributed by atoms with Crippen molar-refractivity contribution in [3.05, 3.63) is 28.2 Å². The second kappa shape index (κ2) is 5.35. The summed E-state index contributed by atoms with van der Waals surface area (Å²) in [6.45, 7) is 1.32. The molecule has 0 radical (unpaired) electrons. The molecule has 1 aromatic carbocycles. The third-order valence-electron chi connectivity index (χ3n) is 1.50. The molecule has 0 unspecified atom stereocenters. The Hall–Kier alpha value is -0.770. The monoisotopic (exact) mass is 264 g/mol. The Morgan fingerprint density at radius 1 is 1.40 bits per heavy atom. The van der Waals surface area contributed by atoms with Crippen molar-refractivity contribution >= 4 is 51.4 Å². The Bertz CT molecular complexity index is 418. The van der Waals surface area contributed by atoms with Crippen LogP contribution < -0.4 is 5.43 Å². The summed E-state index contributed by atoms with van der Waals surface area (Å²) >= 11 is 17.1. The van der Waals surface area contributed by atoms with E-state index in [0.717, 1.165) is 0 Å². The highest BCUT2D eigenvalue weighted by molar-refractivity contribution is 6.82. The van der Waals surface area contributed by atoms with E-state index in [1.165, 1.54) is 6.92 Å². The number of carbonyl (C=O) groups excluding carboxylic acids is 1.